The minimum atomic E-state index is -1.79. The van der Waals surface area contributed by atoms with Gasteiger partial charge in [0.1, 0.15) is 0 Å². The monoisotopic (exact) mass is 195 g/mol. The van der Waals surface area contributed by atoms with E-state index < -0.39 is 30.6 Å². The molecule has 1 amide bonds. The Hall–Kier alpha value is -1.83. The van der Waals surface area contributed by atoms with Gasteiger partial charge in [-0.25, -0.2) is 9.59 Å². The maximum atomic E-state index is 9.72. The molecule has 0 aliphatic carbocycles. The van der Waals surface area contributed by atoms with Gasteiger partial charge in [0.2, 0.25) is 0 Å². The predicted octanol–water partition coefficient (Wildman–Crippen LogP) is -1.47. The fraction of sp³-hybridized carbons (Fsp3) is 0.400. The van der Waals surface area contributed by atoms with Crippen LogP contribution in [0.1, 0.15) is 6.42 Å². The maximum Gasteiger partial charge on any atom is 0.402 e. The van der Waals surface area contributed by atoms with Gasteiger partial charge >= 0.3 is 18.0 Å². The van der Waals surface area contributed by atoms with Crippen molar-refractivity contribution in [1.29, 1.82) is 0 Å². The van der Waals surface area contributed by atoms with Crippen molar-refractivity contribution in [3.05, 3.63) is 0 Å². The summed E-state index contributed by atoms with van der Waals surface area (Å²) in [7, 11) is 0. The summed E-state index contributed by atoms with van der Waals surface area (Å²) in [6.07, 6.45) is -3.88. The zero-order valence-corrected chi connectivity index (χ0v) is 6.38. The third kappa shape index (κ3) is 17.8. The highest BCUT2D eigenvalue weighted by Gasteiger charge is 2.16. The molecule has 6 N–H and O–H groups in total. The van der Waals surface area contributed by atoms with Crippen molar-refractivity contribution < 1.29 is 34.8 Å². The van der Waals surface area contributed by atoms with E-state index in [1.807, 2.05) is 0 Å². The molecule has 0 aliphatic rings. The quantitative estimate of drug-likeness (QED) is 0.367. The van der Waals surface area contributed by atoms with Crippen molar-refractivity contribution in [3.8, 4) is 0 Å². The molecule has 76 valence electrons. The number of aliphatic hydroxyl groups excluding tert-OH is 1. The summed E-state index contributed by atoms with van der Waals surface area (Å²) < 4.78 is 0. The second-order valence-electron chi connectivity index (χ2n) is 1.79. The number of primary amides is 1. The molecule has 0 saturated heterocycles. The lowest BCUT2D eigenvalue weighted by Crippen LogP contribution is -2.22. The van der Waals surface area contributed by atoms with Crippen LogP contribution < -0.4 is 5.73 Å². The van der Waals surface area contributed by atoms with Gasteiger partial charge in [-0.1, -0.05) is 0 Å². The second kappa shape index (κ2) is 6.85. The molecule has 8 heteroatoms. The van der Waals surface area contributed by atoms with Crippen LogP contribution in [0.3, 0.4) is 0 Å². The lowest BCUT2D eigenvalue weighted by atomic mass is 10.3. The zero-order valence-electron chi connectivity index (χ0n) is 6.38. The Balaban J connectivity index is 0. The van der Waals surface area contributed by atoms with Gasteiger partial charge in [0.25, 0.3) is 0 Å². The summed E-state index contributed by atoms with van der Waals surface area (Å²) >= 11 is 0. The largest absolute Gasteiger partial charge is 0.481 e. The van der Waals surface area contributed by atoms with Gasteiger partial charge in [0, 0.05) is 0 Å². The third-order valence-corrected chi connectivity index (χ3v) is 0.653. The number of carbonyl (C=O) groups is 3. The number of aliphatic carboxylic acids is 2. The van der Waals surface area contributed by atoms with Crippen LogP contribution in [-0.4, -0.2) is 44.6 Å². The van der Waals surface area contributed by atoms with Crippen LogP contribution in [0, 0.1) is 0 Å². The molecule has 0 heterocycles. The van der Waals surface area contributed by atoms with E-state index in [1.165, 1.54) is 0 Å². The SMILES string of the molecule is NC(=O)O.O=C(O)C[C@H](O)C(=O)O. The summed E-state index contributed by atoms with van der Waals surface area (Å²) in [6, 6.07) is 0. The lowest BCUT2D eigenvalue weighted by molar-refractivity contribution is -0.152. The standard InChI is InChI=1S/C4H6O5.CH3NO2/c5-2(4(8)9)1-3(6)7;2-1(3)4/h2,5H,1H2,(H,6,7)(H,8,9);2H2,(H,3,4)/t2-;/m0./s1. The first kappa shape index (κ1) is 13.7. The molecule has 0 aromatic carbocycles. The van der Waals surface area contributed by atoms with Crippen molar-refractivity contribution in [2.45, 2.75) is 12.5 Å². The van der Waals surface area contributed by atoms with E-state index >= 15 is 0 Å². The Morgan fingerprint density at radius 2 is 1.46 bits per heavy atom. The van der Waals surface area contributed by atoms with Gasteiger partial charge in [-0.3, -0.25) is 4.79 Å². The zero-order chi connectivity index (χ0) is 11.0. The maximum absolute atomic E-state index is 9.72. The molecule has 0 aliphatic heterocycles. The van der Waals surface area contributed by atoms with Gasteiger partial charge in [-0.2, -0.15) is 0 Å². The van der Waals surface area contributed by atoms with Crippen LogP contribution in [0.5, 0.6) is 0 Å². The number of nitrogens with two attached hydrogens (primary N) is 1. The Bertz CT molecular complexity index is 197. The van der Waals surface area contributed by atoms with Crippen LogP contribution in [-0.2, 0) is 9.59 Å². The molecular formula is C5H9NO7. The smallest absolute Gasteiger partial charge is 0.402 e. The van der Waals surface area contributed by atoms with Crippen LogP contribution in [0.4, 0.5) is 4.79 Å². The Labute approximate surface area is 72.2 Å². The second-order valence-corrected chi connectivity index (χ2v) is 1.79. The van der Waals surface area contributed by atoms with E-state index in [-0.39, 0.29) is 0 Å². The fourth-order valence-corrected chi connectivity index (χ4v) is 0.253. The van der Waals surface area contributed by atoms with Crippen molar-refractivity contribution in [1.82, 2.24) is 0 Å². The van der Waals surface area contributed by atoms with Crippen molar-refractivity contribution >= 4 is 18.0 Å². The van der Waals surface area contributed by atoms with Gasteiger partial charge in [0.15, 0.2) is 6.10 Å². The molecule has 13 heavy (non-hydrogen) atoms. The molecule has 1 atom stereocenters. The lowest BCUT2D eigenvalue weighted by Gasteiger charge is -1.97. The van der Waals surface area contributed by atoms with Crippen molar-refractivity contribution in [3.63, 3.8) is 0 Å². The van der Waals surface area contributed by atoms with E-state index in [0.717, 1.165) is 0 Å². The molecule has 0 aromatic heterocycles. The number of rotatable bonds is 3. The first-order valence-corrected chi connectivity index (χ1v) is 2.88. The van der Waals surface area contributed by atoms with E-state index in [1.54, 1.807) is 0 Å². The number of carboxylic acid groups (broad SMARTS) is 3. The van der Waals surface area contributed by atoms with Crippen LogP contribution in [0.2, 0.25) is 0 Å². The summed E-state index contributed by atoms with van der Waals surface area (Å²) in [5.41, 5.74) is 4.03. The number of hydrogen-bond donors (Lipinski definition) is 5. The van der Waals surface area contributed by atoms with E-state index in [9.17, 15) is 9.59 Å². The minimum Gasteiger partial charge on any atom is -0.481 e. The predicted molar refractivity (Wildman–Crippen MR) is 38.1 cm³/mol. The molecule has 0 unspecified atom stereocenters. The molecule has 0 aromatic rings. The highest BCUT2D eigenvalue weighted by atomic mass is 16.4. The number of hydrogen-bond acceptors (Lipinski definition) is 4. The number of aliphatic hydroxyl groups is 1. The Kier molecular flexibility index (Phi) is 7.24. The summed E-state index contributed by atoms with van der Waals surface area (Å²) in [4.78, 5) is 28.2. The first-order chi connectivity index (χ1) is 5.77. The van der Waals surface area contributed by atoms with Gasteiger partial charge in [-0.05, 0) is 0 Å². The number of amides is 1. The fourth-order valence-electron chi connectivity index (χ4n) is 0.253. The highest BCUT2D eigenvalue weighted by Crippen LogP contribution is 1.89. The normalized spacial score (nSPS) is 10.5. The molecule has 0 spiro atoms. The average molecular weight is 195 g/mol. The van der Waals surface area contributed by atoms with Crippen LogP contribution in [0.25, 0.3) is 0 Å². The van der Waals surface area contributed by atoms with Crippen LogP contribution in [0.15, 0.2) is 0 Å². The third-order valence-electron chi connectivity index (χ3n) is 0.653. The first-order valence-electron chi connectivity index (χ1n) is 2.88. The van der Waals surface area contributed by atoms with E-state index in [4.69, 9.17) is 25.2 Å². The Morgan fingerprint density at radius 3 is 1.54 bits per heavy atom. The summed E-state index contributed by atoms with van der Waals surface area (Å²) in [5.74, 6) is -2.85. The highest BCUT2D eigenvalue weighted by molar-refractivity contribution is 5.79. The van der Waals surface area contributed by atoms with Gasteiger partial charge < -0.3 is 26.2 Å². The van der Waals surface area contributed by atoms with E-state index in [0.29, 0.717) is 0 Å². The molecule has 0 rings (SSSR count). The molecule has 0 saturated carbocycles. The molecule has 0 fully saturated rings. The summed E-state index contributed by atoms with van der Waals surface area (Å²) in [6.45, 7) is 0. The molecular weight excluding hydrogens is 186 g/mol. The van der Waals surface area contributed by atoms with Crippen molar-refractivity contribution in [2.24, 2.45) is 5.73 Å². The average Bonchev–Trinajstić information content (AvgIpc) is 1.83. The van der Waals surface area contributed by atoms with Crippen molar-refractivity contribution in [2.75, 3.05) is 0 Å². The topological polar surface area (TPSA) is 158 Å². The minimum absolute atomic E-state index is 0.755. The number of carboxylic acids is 2. The Morgan fingerprint density at radius 1 is 1.15 bits per heavy atom. The van der Waals surface area contributed by atoms with Gasteiger partial charge in [0.05, 0.1) is 6.42 Å². The molecule has 0 bridgehead atoms. The summed E-state index contributed by atoms with van der Waals surface area (Å²) in [5, 5.41) is 31.3. The van der Waals surface area contributed by atoms with E-state index in [2.05, 4.69) is 5.73 Å². The van der Waals surface area contributed by atoms with Gasteiger partial charge in [-0.15, -0.1) is 0 Å². The molecule has 8 nitrogen and oxygen atoms in total. The van der Waals surface area contributed by atoms with Crippen LogP contribution >= 0.6 is 0 Å². The molecule has 0 radical (unpaired) electrons.